The molecular formula is C27H22Cl2O6. The predicted octanol–water partition coefficient (Wildman–Crippen LogP) is 7.27. The molecule has 0 bridgehead atoms. The van der Waals surface area contributed by atoms with Crippen molar-refractivity contribution in [3.63, 3.8) is 0 Å². The van der Waals surface area contributed by atoms with Crippen LogP contribution in [-0.2, 0) is 4.79 Å². The average molecular weight is 513 g/mol. The number of carbonyl (C=O) groups is 1. The first-order valence-electron chi connectivity index (χ1n) is 10.9. The van der Waals surface area contributed by atoms with Crippen LogP contribution in [0.3, 0.4) is 0 Å². The van der Waals surface area contributed by atoms with Crippen molar-refractivity contribution in [1.82, 2.24) is 0 Å². The fraction of sp³-hybridized carbons (Fsp3) is 0.185. The molecule has 0 aliphatic carbocycles. The minimum absolute atomic E-state index is 0.0376. The van der Waals surface area contributed by atoms with Crippen molar-refractivity contribution in [2.75, 3.05) is 6.61 Å². The Morgan fingerprint density at radius 3 is 2.31 bits per heavy atom. The van der Waals surface area contributed by atoms with Gasteiger partial charge in [-0.05, 0) is 79.9 Å². The number of rotatable bonds is 8. The molecule has 0 unspecified atom stereocenters. The molecule has 0 radical (unpaired) electrons. The van der Waals surface area contributed by atoms with Crippen molar-refractivity contribution >= 4 is 40.1 Å². The number of hydrogen-bond acceptors (Lipinski definition) is 6. The van der Waals surface area contributed by atoms with E-state index in [1.54, 1.807) is 30.3 Å². The number of carbonyl (C=O) groups excluding carboxylic acids is 1. The summed E-state index contributed by atoms with van der Waals surface area (Å²) in [6.45, 7) is 4.19. The SMILES string of the molecule is Cc1cc(OCCCC(=O)Oc2ccc3c(=O)c(Oc4ccc(Cl)cc4)coc3c2)cc(C)c1Cl. The molecule has 0 spiro atoms. The summed E-state index contributed by atoms with van der Waals surface area (Å²) in [6.07, 6.45) is 1.87. The molecular weight excluding hydrogens is 491 g/mol. The molecule has 180 valence electrons. The van der Waals surface area contributed by atoms with Crippen LogP contribution in [0.4, 0.5) is 0 Å². The molecule has 0 N–H and O–H groups in total. The van der Waals surface area contributed by atoms with Gasteiger partial charge in [-0.2, -0.15) is 0 Å². The highest BCUT2D eigenvalue weighted by molar-refractivity contribution is 6.32. The van der Waals surface area contributed by atoms with E-state index in [0.29, 0.717) is 34.9 Å². The summed E-state index contributed by atoms with van der Waals surface area (Å²) in [6, 6.07) is 14.9. The van der Waals surface area contributed by atoms with Crippen molar-refractivity contribution in [3.05, 3.63) is 92.3 Å². The smallest absolute Gasteiger partial charge is 0.311 e. The number of aryl methyl sites for hydroxylation is 2. The minimum Gasteiger partial charge on any atom is -0.494 e. The van der Waals surface area contributed by atoms with Gasteiger partial charge in [0, 0.05) is 22.5 Å². The number of hydrogen-bond donors (Lipinski definition) is 0. The van der Waals surface area contributed by atoms with Gasteiger partial charge in [0.25, 0.3) is 0 Å². The van der Waals surface area contributed by atoms with Crippen LogP contribution < -0.4 is 19.6 Å². The molecule has 0 amide bonds. The number of fused-ring (bicyclic) bond motifs is 1. The second kappa shape index (κ2) is 10.8. The van der Waals surface area contributed by atoms with E-state index in [1.807, 2.05) is 26.0 Å². The third-order valence-corrected chi connectivity index (χ3v) is 6.04. The van der Waals surface area contributed by atoms with E-state index >= 15 is 0 Å². The Kier molecular flexibility index (Phi) is 7.63. The Morgan fingerprint density at radius 1 is 0.914 bits per heavy atom. The maximum Gasteiger partial charge on any atom is 0.311 e. The Balaban J connectivity index is 1.33. The fourth-order valence-corrected chi connectivity index (χ4v) is 3.67. The van der Waals surface area contributed by atoms with Gasteiger partial charge < -0.3 is 18.6 Å². The maximum atomic E-state index is 12.7. The van der Waals surface area contributed by atoms with Crippen LogP contribution in [0.2, 0.25) is 10.0 Å². The quantitative estimate of drug-likeness (QED) is 0.140. The number of ether oxygens (including phenoxy) is 3. The lowest BCUT2D eigenvalue weighted by Gasteiger charge is -2.10. The molecule has 1 aromatic heterocycles. The molecule has 1 heterocycles. The number of benzene rings is 3. The molecule has 3 aromatic carbocycles. The van der Waals surface area contributed by atoms with Gasteiger partial charge in [0.2, 0.25) is 11.2 Å². The second-order valence-corrected chi connectivity index (χ2v) is 8.75. The van der Waals surface area contributed by atoms with Crippen molar-refractivity contribution in [3.8, 4) is 23.0 Å². The maximum absolute atomic E-state index is 12.7. The lowest BCUT2D eigenvalue weighted by atomic mass is 10.1. The van der Waals surface area contributed by atoms with Gasteiger partial charge in [0.05, 0.1) is 12.0 Å². The van der Waals surface area contributed by atoms with Gasteiger partial charge in [-0.25, -0.2) is 0 Å². The Hall–Kier alpha value is -3.48. The standard InChI is InChI=1S/C27H22Cl2O6/c1-16-12-21(13-17(2)26(16)29)32-11-3-4-25(30)35-20-9-10-22-23(14-20)33-15-24(27(22)31)34-19-7-5-18(28)6-8-19/h5-10,12-15H,3-4,11H2,1-2H3. The Morgan fingerprint density at radius 2 is 1.60 bits per heavy atom. The molecule has 0 aliphatic rings. The van der Waals surface area contributed by atoms with Gasteiger partial charge in [-0.15, -0.1) is 0 Å². The average Bonchev–Trinajstić information content (AvgIpc) is 2.83. The van der Waals surface area contributed by atoms with Gasteiger partial charge in [-0.1, -0.05) is 23.2 Å². The van der Waals surface area contributed by atoms with Crippen LogP contribution >= 0.6 is 23.2 Å². The van der Waals surface area contributed by atoms with Crippen molar-refractivity contribution < 1.29 is 23.4 Å². The summed E-state index contributed by atoms with van der Waals surface area (Å²) in [4.78, 5) is 25.0. The molecule has 35 heavy (non-hydrogen) atoms. The summed E-state index contributed by atoms with van der Waals surface area (Å²) in [5.74, 6) is 1.07. The zero-order valence-corrected chi connectivity index (χ0v) is 20.6. The fourth-order valence-electron chi connectivity index (χ4n) is 3.43. The van der Waals surface area contributed by atoms with E-state index in [0.717, 1.165) is 16.1 Å². The summed E-state index contributed by atoms with van der Waals surface area (Å²) in [7, 11) is 0. The van der Waals surface area contributed by atoms with E-state index in [9.17, 15) is 9.59 Å². The highest BCUT2D eigenvalue weighted by atomic mass is 35.5. The van der Waals surface area contributed by atoms with Gasteiger partial charge in [0.15, 0.2) is 0 Å². The third kappa shape index (κ3) is 6.15. The minimum atomic E-state index is -0.415. The molecule has 0 saturated carbocycles. The Labute approximate surface area is 211 Å². The van der Waals surface area contributed by atoms with E-state index in [1.165, 1.54) is 18.4 Å². The highest BCUT2D eigenvalue weighted by Gasteiger charge is 2.12. The first-order valence-corrected chi connectivity index (χ1v) is 11.6. The molecule has 0 saturated heterocycles. The van der Waals surface area contributed by atoms with E-state index in [4.69, 9.17) is 41.8 Å². The Bertz CT molecular complexity index is 1400. The monoisotopic (exact) mass is 512 g/mol. The molecule has 0 aliphatic heterocycles. The van der Waals surface area contributed by atoms with Crippen LogP contribution in [0.5, 0.6) is 23.0 Å². The van der Waals surface area contributed by atoms with Crippen molar-refractivity contribution in [2.45, 2.75) is 26.7 Å². The van der Waals surface area contributed by atoms with Crippen LogP contribution in [0, 0.1) is 13.8 Å². The second-order valence-electron chi connectivity index (χ2n) is 7.94. The van der Waals surface area contributed by atoms with Crippen LogP contribution in [0.1, 0.15) is 24.0 Å². The zero-order chi connectivity index (χ0) is 24.9. The van der Waals surface area contributed by atoms with Crippen molar-refractivity contribution in [2.24, 2.45) is 0 Å². The summed E-state index contributed by atoms with van der Waals surface area (Å²) < 4.78 is 22.3. The normalized spacial score (nSPS) is 10.9. The summed E-state index contributed by atoms with van der Waals surface area (Å²) >= 11 is 12.0. The zero-order valence-electron chi connectivity index (χ0n) is 19.1. The molecule has 8 heteroatoms. The lowest BCUT2D eigenvalue weighted by Crippen LogP contribution is -2.10. The molecule has 6 nitrogen and oxygen atoms in total. The van der Waals surface area contributed by atoms with Crippen LogP contribution in [0.25, 0.3) is 11.0 Å². The largest absolute Gasteiger partial charge is 0.494 e. The van der Waals surface area contributed by atoms with E-state index in [-0.39, 0.29) is 28.9 Å². The predicted molar refractivity (Wildman–Crippen MR) is 135 cm³/mol. The number of halogens is 2. The highest BCUT2D eigenvalue weighted by Crippen LogP contribution is 2.27. The summed E-state index contributed by atoms with van der Waals surface area (Å²) in [5.41, 5.74) is 1.81. The third-order valence-electron chi connectivity index (χ3n) is 5.19. The van der Waals surface area contributed by atoms with E-state index < -0.39 is 5.97 Å². The first-order chi connectivity index (χ1) is 16.8. The van der Waals surface area contributed by atoms with Gasteiger partial charge in [-0.3, -0.25) is 9.59 Å². The van der Waals surface area contributed by atoms with Crippen molar-refractivity contribution in [1.29, 1.82) is 0 Å². The molecule has 0 atom stereocenters. The van der Waals surface area contributed by atoms with Crippen LogP contribution in [-0.4, -0.2) is 12.6 Å². The number of esters is 1. The van der Waals surface area contributed by atoms with Gasteiger partial charge in [0.1, 0.15) is 29.1 Å². The molecule has 4 aromatic rings. The van der Waals surface area contributed by atoms with Crippen LogP contribution in [0.15, 0.2) is 70.1 Å². The summed E-state index contributed by atoms with van der Waals surface area (Å²) in [5, 5.41) is 1.58. The topological polar surface area (TPSA) is 75.0 Å². The first kappa shape index (κ1) is 24.6. The van der Waals surface area contributed by atoms with E-state index in [2.05, 4.69) is 0 Å². The lowest BCUT2D eigenvalue weighted by molar-refractivity contribution is -0.134. The van der Waals surface area contributed by atoms with Gasteiger partial charge >= 0.3 is 5.97 Å². The molecule has 0 fully saturated rings. The molecule has 4 rings (SSSR count).